The summed E-state index contributed by atoms with van der Waals surface area (Å²) in [6.45, 7) is 1.92. The number of carbonyl (C=O) groups is 2. The lowest BCUT2D eigenvalue weighted by molar-refractivity contribution is -0.142. The predicted octanol–water partition coefficient (Wildman–Crippen LogP) is 1.93. The first-order valence-corrected chi connectivity index (χ1v) is 11.8. The lowest BCUT2D eigenvalue weighted by Crippen LogP contribution is -2.52. The van der Waals surface area contributed by atoms with Crippen molar-refractivity contribution in [1.82, 2.24) is 15.0 Å². The van der Waals surface area contributed by atoms with Crippen molar-refractivity contribution in [2.45, 2.75) is 50.4 Å². The lowest BCUT2D eigenvalue weighted by Gasteiger charge is -2.21. The van der Waals surface area contributed by atoms with Crippen LogP contribution in [-0.4, -0.2) is 42.5 Å². The number of carboxylic acids is 1. The van der Waals surface area contributed by atoms with Gasteiger partial charge in [-0.1, -0.05) is 50.1 Å². The summed E-state index contributed by atoms with van der Waals surface area (Å²) in [5, 5.41) is 13.5. The fourth-order valence-electron chi connectivity index (χ4n) is 2.73. The molecule has 8 nitrogen and oxygen atoms in total. The highest BCUT2D eigenvalue weighted by Crippen LogP contribution is 2.10. The van der Waals surface area contributed by atoms with Gasteiger partial charge in [0.15, 0.2) is 0 Å². The number of rotatable bonds is 12. The zero-order valence-corrected chi connectivity index (χ0v) is 17.7. The molecule has 0 aliphatic rings. The molecule has 158 valence electrons. The molecule has 2 aromatic rings. The van der Waals surface area contributed by atoms with Crippen LogP contribution in [-0.2, 0) is 31.8 Å². The van der Waals surface area contributed by atoms with E-state index in [1.807, 2.05) is 6.92 Å². The number of carbonyl (C=O) groups excluding carboxylic acids is 1. The number of sulfonamides is 1. The summed E-state index contributed by atoms with van der Waals surface area (Å²) in [4.78, 5) is 28.3. The fourth-order valence-corrected chi connectivity index (χ4v) is 4.64. The molecule has 0 saturated heterocycles. The highest BCUT2D eigenvalue weighted by Gasteiger charge is 2.29. The molecule has 0 fully saturated rings. The minimum absolute atomic E-state index is 0.0312. The summed E-state index contributed by atoms with van der Waals surface area (Å²) >= 11 is 1.33. The van der Waals surface area contributed by atoms with E-state index in [1.54, 1.807) is 41.2 Å². The van der Waals surface area contributed by atoms with Crippen molar-refractivity contribution in [1.29, 1.82) is 0 Å². The number of unbranched alkanes of at least 4 members (excludes halogenated alkanes) is 1. The van der Waals surface area contributed by atoms with Crippen LogP contribution in [0.15, 0.2) is 41.2 Å². The molecule has 10 heteroatoms. The second-order valence-electron chi connectivity index (χ2n) is 6.64. The number of hydrogen-bond donors (Lipinski definition) is 3. The van der Waals surface area contributed by atoms with Gasteiger partial charge >= 0.3 is 5.97 Å². The van der Waals surface area contributed by atoms with Crippen LogP contribution in [0.2, 0.25) is 0 Å². The Kier molecular flexibility index (Phi) is 8.74. The Morgan fingerprint density at radius 2 is 1.93 bits per heavy atom. The molecule has 29 heavy (non-hydrogen) atoms. The normalized spacial score (nSPS) is 13.6. The monoisotopic (exact) mass is 439 g/mol. The zero-order chi connectivity index (χ0) is 21.3. The maximum atomic E-state index is 12.8. The van der Waals surface area contributed by atoms with Crippen molar-refractivity contribution in [3.63, 3.8) is 0 Å². The number of aromatic nitrogens is 1. The van der Waals surface area contributed by atoms with Gasteiger partial charge in [-0.2, -0.15) is 0 Å². The van der Waals surface area contributed by atoms with Crippen LogP contribution in [0.5, 0.6) is 0 Å². The lowest BCUT2D eigenvalue weighted by atomic mass is 10.1. The Labute approximate surface area is 174 Å². The van der Waals surface area contributed by atoms with Crippen molar-refractivity contribution in [3.8, 4) is 0 Å². The number of hydrogen-bond acceptors (Lipinski definition) is 6. The van der Waals surface area contributed by atoms with Crippen LogP contribution in [0.1, 0.15) is 37.4 Å². The molecule has 0 radical (unpaired) electrons. The summed E-state index contributed by atoms with van der Waals surface area (Å²) in [5.74, 6) is -2.11. The topological polar surface area (TPSA) is 125 Å². The van der Waals surface area contributed by atoms with E-state index in [0.29, 0.717) is 17.7 Å². The van der Waals surface area contributed by atoms with Gasteiger partial charge in [0.25, 0.3) is 0 Å². The number of aliphatic carboxylic acids is 1. The van der Waals surface area contributed by atoms with E-state index in [9.17, 15) is 23.1 Å². The van der Waals surface area contributed by atoms with E-state index in [1.165, 1.54) is 11.3 Å². The van der Waals surface area contributed by atoms with Gasteiger partial charge < -0.3 is 10.4 Å². The van der Waals surface area contributed by atoms with E-state index in [0.717, 1.165) is 6.42 Å². The van der Waals surface area contributed by atoms with Crippen LogP contribution in [0.25, 0.3) is 0 Å². The van der Waals surface area contributed by atoms with Gasteiger partial charge in [-0.05, 0) is 12.0 Å². The third-order valence-electron chi connectivity index (χ3n) is 4.20. The van der Waals surface area contributed by atoms with Gasteiger partial charge in [-0.15, -0.1) is 11.3 Å². The van der Waals surface area contributed by atoms with E-state index in [-0.39, 0.29) is 18.6 Å². The molecule has 0 aliphatic heterocycles. The average Bonchev–Trinajstić information content (AvgIpc) is 3.17. The van der Waals surface area contributed by atoms with Crippen LogP contribution in [0.3, 0.4) is 0 Å². The number of thiazole rings is 1. The quantitative estimate of drug-likeness (QED) is 0.464. The molecular formula is C19H25N3O5S2. The highest BCUT2D eigenvalue weighted by atomic mass is 32.2. The van der Waals surface area contributed by atoms with Crippen LogP contribution >= 0.6 is 11.3 Å². The first-order valence-electron chi connectivity index (χ1n) is 9.25. The van der Waals surface area contributed by atoms with Crippen LogP contribution < -0.4 is 10.0 Å². The fraction of sp³-hybridized carbons (Fsp3) is 0.421. The number of carboxylic acid groups (broad SMARTS) is 1. The second kappa shape index (κ2) is 11.0. The van der Waals surface area contributed by atoms with Crippen molar-refractivity contribution in [3.05, 3.63) is 52.5 Å². The number of benzene rings is 1. The Morgan fingerprint density at radius 1 is 1.21 bits per heavy atom. The first kappa shape index (κ1) is 23.0. The third-order valence-corrected chi connectivity index (χ3v) is 6.19. The van der Waals surface area contributed by atoms with E-state index in [4.69, 9.17) is 0 Å². The summed E-state index contributed by atoms with van der Waals surface area (Å²) in [6.07, 6.45) is 1.72. The van der Waals surface area contributed by atoms with E-state index < -0.39 is 34.0 Å². The van der Waals surface area contributed by atoms with E-state index in [2.05, 4.69) is 15.0 Å². The van der Waals surface area contributed by atoms with Crippen LogP contribution in [0, 0.1) is 0 Å². The number of nitrogens with zero attached hydrogens (tertiary/aromatic N) is 1. The molecule has 1 aromatic heterocycles. The SMILES string of the molecule is CCCC[C@H](NC(=O)[C@@H](Cc1cscn1)NS(=O)(=O)Cc1ccccc1)C(=O)O. The number of amides is 1. The average molecular weight is 440 g/mol. The van der Waals surface area contributed by atoms with Gasteiger partial charge in [-0.25, -0.2) is 22.9 Å². The van der Waals surface area contributed by atoms with Gasteiger partial charge in [-0.3, -0.25) is 4.79 Å². The Bertz CT molecular complexity index is 886. The molecule has 3 N–H and O–H groups in total. The van der Waals surface area contributed by atoms with E-state index >= 15 is 0 Å². The van der Waals surface area contributed by atoms with Gasteiger partial charge in [0.1, 0.15) is 12.1 Å². The molecule has 0 aliphatic carbocycles. The number of nitrogens with one attached hydrogen (secondary N) is 2. The summed E-state index contributed by atoms with van der Waals surface area (Å²) < 4.78 is 27.6. The Hall–Kier alpha value is -2.30. The molecule has 1 amide bonds. The van der Waals surface area contributed by atoms with Gasteiger partial charge in [0.2, 0.25) is 15.9 Å². The van der Waals surface area contributed by atoms with Crippen molar-refractivity contribution in [2.24, 2.45) is 0 Å². The second-order valence-corrected chi connectivity index (χ2v) is 9.11. The minimum Gasteiger partial charge on any atom is -0.480 e. The largest absolute Gasteiger partial charge is 0.480 e. The predicted molar refractivity (Wildman–Crippen MR) is 111 cm³/mol. The first-order chi connectivity index (χ1) is 13.8. The maximum Gasteiger partial charge on any atom is 0.326 e. The summed E-state index contributed by atoms with van der Waals surface area (Å²) in [7, 11) is -3.84. The van der Waals surface area contributed by atoms with Gasteiger partial charge in [0, 0.05) is 11.8 Å². The molecular weight excluding hydrogens is 414 g/mol. The minimum atomic E-state index is -3.84. The summed E-state index contributed by atoms with van der Waals surface area (Å²) in [6, 6.07) is 6.38. The Morgan fingerprint density at radius 3 is 2.52 bits per heavy atom. The smallest absolute Gasteiger partial charge is 0.326 e. The van der Waals surface area contributed by atoms with Crippen molar-refractivity contribution in [2.75, 3.05) is 0 Å². The van der Waals surface area contributed by atoms with Crippen molar-refractivity contribution >= 4 is 33.2 Å². The molecule has 2 rings (SSSR count). The summed E-state index contributed by atoms with van der Waals surface area (Å²) in [5.41, 5.74) is 2.72. The molecule has 1 heterocycles. The molecule has 0 saturated carbocycles. The maximum absolute atomic E-state index is 12.8. The molecule has 0 bridgehead atoms. The molecule has 1 aromatic carbocycles. The van der Waals surface area contributed by atoms with Crippen molar-refractivity contribution < 1.29 is 23.1 Å². The third kappa shape index (κ3) is 7.92. The Balaban J connectivity index is 2.15. The standard InChI is InChI=1S/C19H25N3O5S2/c1-2-3-9-16(19(24)25)21-18(23)17(10-15-11-28-13-20-15)22-29(26,27)12-14-7-5-4-6-8-14/h4-8,11,13,16-17,22H,2-3,9-10,12H2,1H3,(H,21,23)(H,24,25)/t16-,17+/m0/s1. The molecule has 0 unspecified atom stereocenters. The highest BCUT2D eigenvalue weighted by molar-refractivity contribution is 7.88. The van der Waals surface area contributed by atoms with Crippen LogP contribution in [0.4, 0.5) is 0 Å². The zero-order valence-electron chi connectivity index (χ0n) is 16.1. The van der Waals surface area contributed by atoms with Gasteiger partial charge in [0.05, 0.1) is 17.0 Å². The molecule has 0 spiro atoms. The molecule has 2 atom stereocenters.